The molecule has 6 heteroatoms. The number of guanidine groups is 1. The molecule has 1 rings (SSSR count). The van der Waals surface area contributed by atoms with E-state index in [9.17, 15) is 4.79 Å². The fraction of sp³-hybridized carbons (Fsp3) is 0.467. The zero-order valence-electron chi connectivity index (χ0n) is 12.7. The Bertz CT molecular complexity index is 435. The van der Waals surface area contributed by atoms with Crippen molar-refractivity contribution in [1.82, 2.24) is 10.6 Å². The Morgan fingerprint density at radius 1 is 1.24 bits per heavy atom. The number of benzene rings is 1. The number of anilines is 1. The van der Waals surface area contributed by atoms with Crippen LogP contribution in [0.2, 0.25) is 0 Å². The average Bonchev–Trinajstić information content (AvgIpc) is 2.50. The largest absolute Gasteiger partial charge is 0.385 e. The monoisotopic (exact) mass is 292 g/mol. The molecule has 0 aliphatic rings. The Balaban J connectivity index is 2.39. The number of nitrogens with zero attached hydrogens (tertiary/aromatic N) is 1. The lowest BCUT2D eigenvalue weighted by Crippen LogP contribution is -2.38. The summed E-state index contributed by atoms with van der Waals surface area (Å²) in [4.78, 5) is 16.1. The molecule has 0 spiro atoms. The first-order valence-corrected chi connectivity index (χ1v) is 7.12. The molecule has 1 aromatic carbocycles. The average molecular weight is 292 g/mol. The predicted octanol–water partition coefficient (Wildman–Crippen LogP) is 1.22. The third kappa shape index (κ3) is 7.94. The van der Waals surface area contributed by atoms with Gasteiger partial charge in [-0.3, -0.25) is 4.79 Å². The Labute approximate surface area is 126 Å². The second-order valence-corrected chi connectivity index (χ2v) is 4.38. The summed E-state index contributed by atoms with van der Waals surface area (Å²) in [6.45, 7) is 4.25. The van der Waals surface area contributed by atoms with E-state index in [1.54, 1.807) is 7.11 Å². The SMILES string of the molecule is CCNC(=NCC(=O)Nc1ccccc1)NCCCOC. The van der Waals surface area contributed by atoms with Crippen LogP contribution >= 0.6 is 0 Å². The van der Waals surface area contributed by atoms with E-state index in [1.165, 1.54) is 0 Å². The summed E-state index contributed by atoms with van der Waals surface area (Å²) < 4.78 is 4.98. The number of carbonyl (C=O) groups excluding carboxylic acids is 1. The van der Waals surface area contributed by atoms with Crippen molar-refractivity contribution in [3.05, 3.63) is 30.3 Å². The smallest absolute Gasteiger partial charge is 0.246 e. The van der Waals surface area contributed by atoms with E-state index < -0.39 is 0 Å². The number of para-hydroxylation sites is 1. The van der Waals surface area contributed by atoms with Gasteiger partial charge in [0.2, 0.25) is 5.91 Å². The number of amides is 1. The van der Waals surface area contributed by atoms with Crippen molar-refractivity contribution < 1.29 is 9.53 Å². The highest BCUT2D eigenvalue weighted by molar-refractivity contribution is 5.94. The molecule has 0 fully saturated rings. The third-order valence-electron chi connectivity index (χ3n) is 2.60. The van der Waals surface area contributed by atoms with Gasteiger partial charge in [-0.25, -0.2) is 4.99 Å². The molecule has 1 amide bonds. The van der Waals surface area contributed by atoms with E-state index >= 15 is 0 Å². The van der Waals surface area contributed by atoms with Gasteiger partial charge in [-0.1, -0.05) is 18.2 Å². The first-order chi connectivity index (χ1) is 10.3. The lowest BCUT2D eigenvalue weighted by atomic mass is 10.3. The highest BCUT2D eigenvalue weighted by atomic mass is 16.5. The number of methoxy groups -OCH3 is 1. The standard InChI is InChI=1S/C15H24N4O2/c1-3-16-15(17-10-7-11-21-2)18-12-14(20)19-13-8-5-4-6-9-13/h4-6,8-9H,3,7,10-12H2,1-2H3,(H,19,20)(H2,16,17,18). The van der Waals surface area contributed by atoms with Crippen molar-refractivity contribution in [2.75, 3.05) is 38.7 Å². The van der Waals surface area contributed by atoms with Crippen LogP contribution in [0.1, 0.15) is 13.3 Å². The molecule has 0 saturated carbocycles. The van der Waals surface area contributed by atoms with Gasteiger partial charge in [0, 0.05) is 32.5 Å². The number of rotatable bonds is 8. The van der Waals surface area contributed by atoms with Gasteiger partial charge >= 0.3 is 0 Å². The Morgan fingerprint density at radius 2 is 2.00 bits per heavy atom. The maximum atomic E-state index is 11.8. The van der Waals surface area contributed by atoms with Gasteiger partial charge in [-0.15, -0.1) is 0 Å². The number of nitrogens with one attached hydrogen (secondary N) is 3. The summed E-state index contributed by atoms with van der Waals surface area (Å²) in [7, 11) is 1.67. The van der Waals surface area contributed by atoms with Crippen molar-refractivity contribution in [2.45, 2.75) is 13.3 Å². The first kappa shape index (κ1) is 17.0. The van der Waals surface area contributed by atoms with Crippen LogP contribution in [0.5, 0.6) is 0 Å². The molecule has 0 unspecified atom stereocenters. The molecule has 0 aliphatic heterocycles. The van der Waals surface area contributed by atoms with E-state index in [1.807, 2.05) is 37.3 Å². The lowest BCUT2D eigenvalue weighted by molar-refractivity contribution is -0.114. The van der Waals surface area contributed by atoms with E-state index in [4.69, 9.17) is 4.74 Å². The molecule has 0 saturated heterocycles. The molecule has 1 aromatic rings. The number of hydrogen-bond acceptors (Lipinski definition) is 3. The molecule has 21 heavy (non-hydrogen) atoms. The first-order valence-electron chi connectivity index (χ1n) is 7.12. The van der Waals surface area contributed by atoms with Gasteiger partial charge < -0.3 is 20.7 Å². The van der Waals surface area contributed by atoms with Gasteiger partial charge in [0.15, 0.2) is 5.96 Å². The van der Waals surface area contributed by atoms with Gasteiger partial charge in [0.25, 0.3) is 0 Å². The molecule has 0 heterocycles. The summed E-state index contributed by atoms with van der Waals surface area (Å²) in [5.74, 6) is 0.493. The number of ether oxygens (including phenoxy) is 1. The molecular formula is C15H24N4O2. The van der Waals surface area contributed by atoms with Crippen molar-refractivity contribution in [3.8, 4) is 0 Å². The summed E-state index contributed by atoms with van der Waals surface area (Å²) in [5, 5.41) is 9.04. The molecule has 0 bridgehead atoms. The Kier molecular flexibility index (Phi) is 8.63. The molecule has 3 N–H and O–H groups in total. The van der Waals surface area contributed by atoms with Crippen LogP contribution in [-0.2, 0) is 9.53 Å². The molecule has 0 aliphatic carbocycles. The Hall–Kier alpha value is -2.08. The zero-order chi connectivity index (χ0) is 15.3. The molecule has 0 atom stereocenters. The van der Waals surface area contributed by atoms with Crippen LogP contribution in [0.4, 0.5) is 5.69 Å². The maximum absolute atomic E-state index is 11.8. The third-order valence-corrected chi connectivity index (χ3v) is 2.60. The zero-order valence-corrected chi connectivity index (χ0v) is 12.7. The molecular weight excluding hydrogens is 268 g/mol. The number of aliphatic imine (C=N–C) groups is 1. The fourth-order valence-electron chi connectivity index (χ4n) is 1.64. The summed E-state index contributed by atoms with van der Waals surface area (Å²) in [6.07, 6.45) is 0.886. The second kappa shape index (κ2) is 10.7. The topological polar surface area (TPSA) is 74.8 Å². The number of hydrogen-bond donors (Lipinski definition) is 3. The maximum Gasteiger partial charge on any atom is 0.246 e. The normalized spacial score (nSPS) is 11.0. The molecule has 116 valence electrons. The lowest BCUT2D eigenvalue weighted by Gasteiger charge is -2.11. The highest BCUT2D eigenvalue weighted by Gasteiger charge is 2.02. The van der Waals surface area contributed by atoms with E-state index in [2.05, 4.69) is 20.9 Å². The predicted molar refractivity (Wildman–Crippen MR) is 85.5 cm³/mol. The van der Waals surface area contributed by atoms with Crippen LogP contribution in [0, 0.1) is 0 Å². The van der Waals surface area contributed by atoms with Gasteiger partial charge in [-0.05, 0) is 25.5 Å². The quantitative estimate of drug-likeness (QED) is 0.382. The Morgan fingerprint density at radius 3 is 2.67 bits per heavy atom. The molecule has 6 nitrogen and oxygen atoms in total. The van der Waals surface area contributed by atoms with E-state index in [0.717, 1.165) is 25.2 Å². The van der Waals surface area contributed by atoms with Crippen molar-refractivity contribution in [3.63, 3.8) is 0 Å². The minimum Gasteiger partial charge on any atom is -0.385 e. The van der Waals surface area contributed by atoms with Crippen LogP contribution in [-0.4, -0.2) is 45.2 Å². The van der Waals surface area contributed by atoms with Crippen LogP contribution in [0.3, 0.4) is 0 Å². The molecule has 0 radical (unpaired) electrons. The van der Waals surface area contributed by atoms with Crippen molar-refractivity contribution >= 4 is 17.6 Å². The summed E-state index contributed by atoms with van der Waals surface area (Å²) >= 11 is 0. The number of carbonyl (C=O) groups is 1. The minimum atomic E-state index is -0.143. The van der Waals surface area contributed by atoms with Gasteiger partial charge in [0.1, 0.15) is 6.54 Å². The summed E-state index contributed by atoms with van der Waals surface area (Å²) in [5.41, 5.74) is 0.774. The van der Waals surface area contributed by atoms with Gasteiger partial charge in [-0.2, -0.15) is 0 Å². The fourth-order valence-corrected chi connectivity index (χ4v) is 1.64. The second-order valence-electron chi connectivity index (χ2n) is 4.38. The minimum absolute atomic E-state index is 0.0779. The van der Waals surface area contributed by atoms with Crippen LogP contribution in [0.25, 0.3) is 0 Å². The van der Waals surface area contributed by atoms with E-state index in [0.29, 0.717) is 12.6 Å². The van der Waals surface area contributed by atoms with Gasteiger partial charge in [0.05, 0.1) is 0 Å². The van der Waals surface area contributed by atoms with Crippen LogP contribution < -0.4 is 16.0 Å². The van der Waals surface area contributed by atoms with Crippen LogP contribution in [0.15, 0.2) is 35.3 Å². The highest BCUT2D eigenvalue weighted by Crippen LogP contribution is 2.04. The summed E-state index contributed by atoms with van der Waals surface area (Å²) in [6, 6.07) is 9.34. The molecule has 0 aromatic heterocycles. The van der Waals surface area contributed by atoms with Crippen molar-refractivity contribution in [1.29, 1.82) is 0 Å². The van der Waals surface area contributed by atoms with E-state index in [-0.39, 0.29) is 12.5 Å². The van der Waals surface area contributed by atoms with Crippen molar-refractivity contribution in [2.24, 2.45) is 4.99 Å².